The molecule has 0 radical (unpaired) electrons. The molecule has 0 saturated carbocycles. The summed E-state index contributed by atoms with van der Waals surface area (Å²) >= 11 is 0. The lowest BCUT2D eigenvalue weighted by atomic mass is 9.97. The molecule has 0 saturated heterocycles. The molecule has 31 heavy (non-hydrogen) atoms. The molecule has 3 rings (SSSR count). The highest BCUT2D eigenvalue weighted by molar-refractivity contribution is 5.96. The molecule has 1 heterocycles. The summed E-state index contributed by atoms with van der Waals surface area (Å²) in [4.78, 5) is 24.9. The Hall–Kier alpha value is -3.15. The lowest BCUT2D eigenvalue weighted by molar-refractivity contribution is 0.0697. The summed E-state index contributed by atoms with van der Waals surface area (Å²) in [6.45, 7) is 5.10. The molecule has 2 aromatic carbocycles. The number of nitrogens with zero attached hydrogens (tertiary/aromatic N) is 3. The van der Waals surface area contributed by atoms with Crippen molar-refractivity contribution in [1.29, 1.82) is 0 Å². The van der Waals surface area contributed by atoms with Crippen molar-refractivity contribution in [3.8, 4) is 11.1 Å². The van der Waals surface area contributed by atoms with Crippen LogP contribution >= 0.6 is 0 Å². The molecule has 0 aliphatic heterocycles. The summed E-state index contributed by atoms with van der Waals surface area (Å²) in [5.74, 6) is -0.201. The maximum Gasteiger partial charge on any atom is 0.346 e. The van der Waals surface area contributed by atoms with Gasteiger partial charge in [0.25, 0.3) is 0 Å². The molecule has 6 heteroatoms. The molecule has 164 valence electrons. The van der Waals surface area contributed by atoms with Gasteiger partial charge in [-0.1, -0.05) is 75.6 Å². The van der Waals surface area contributed by atoms with E-state index in [9.17, 15) is 14.7 Å². The number of aryl methyl sites for hydroxylation is 2. The van der Waals surface area contributed by atoms with Crippen LogP contribution in [0.3, 0.4) is 0 Å². The predicted molar refractivity (Wildman–Crippen MR) is 123 cm³/mol. The number of aromatic carboxylic acids is 1. The van der Waals surface area contributed by atoms with Crippen molar-refractivity contribution in [1.82, 2.24) is 14.3 Å². The smallest absolute Gasteiger partial charge is 0.346 e. The number of hydrogen-bond donors (Lipinski definition) is 1. The number of carbonyl (C=O) groups is 1. The summed E-state index contributed by atoms with van der Waals surface area (Å²) in [5, 5.41) is 14.3. The molecule has 3 aromatic rings. The molecular weight excluding hydrogens is 390 g/mol. The Balaban J connectivity index is 1.93. The number of hydrogen-bond acceptors (Lipinski definition) is 3. The third-order valence-electron chi connectivity index (χ3n) is 5.43. The zero-order valence-electron chi connectivity index (χ0n) is 18.4. The molecule has 0 aliphatic carbocycles. The van der Waals surface area contributed by atoms with Crippen molar-refractivity contribution in [3.63, 3.8) is 0 Å². The van der Waals surface area contributed by atoms with Gasteiger partial charge >= 0.3 is 11.7 Å². The first-order valence-electron chi connectivity index (χ1n) is 11.1. The molecule has 0 unspecified atom stereocenters. The minimum atomic E-state index is -0.977. The Morgan fingerprint density at radius 2 is 1.77 bits per heavy atom. The molecule has 6 nitrogen and oxygen atoms in total. The minimum Gasteiger partial charge on any atom is -0.478 e. The highest BCUT2D eigenvalue weighted by Crippen LogP contribution is 2.25. The fourth-order valence-corrected chi connectivity index (χ4v) is 3.82. The van der Waals surface area contributed by atoms with Crippen LogP contribution in [-0.2, 0) is 19.5 Å². The summed E-state index contributed by atoms with van der Waals surface area (Å²) < 4.78 is 3.23. The van der Waals surface area contributed by atoms with Gasteiger partial charge in [-0.3, -0.25) is 4.57 Å². The second-order valence-corrected chi connectivity index (χ2v) is 7.87. The Labute approximate surface area is 183 Å². The molecule has 0 amide bonds. The van der Waals surface area contributed by atoms with Gasteiger partial charge in [-0.05, 0) is 35.6 Å². The summed E-state index contributed by atoms with van der Waals surface area (Å²) in [5.41, 5.74) is 2.42. The summed E-state index contributed by atoms with van der Waals surface area (Å²) in [7, 11) is 0. The zero-order chi connectivity index (χ0) is 22.2. The van der Waals surface area contributed by atoms with Crippen molar-refractivity contribution < 1.29 is 9.90 Å². The van der Waals surface area contributed by atoms with E-state index in [1.807, 2.05) is 49.4 Å². The third kappa shape index (κ3) is 5.51. The molecule has 0 aliphatic rings. The first-order valence-corrected chi connectivity index (χ1v) is 11.1. The highest BCUT2D eigenvalue weighted by Gasteiger charge is 2.16. The standard InChI is InChI=1S/C25H31N3O3/c1-3-5-6-10-13-23-26-28(16-4-2)25(31)27(23)18-19-14-15-21(22(17-19)24(29)30)20-11-8-7-9-12-20/h7-9,11-12,14-15,17H,3-6,10,13,16,18H2,1-2H3,(H,29,30). The second-order valence-electron chi connectivity index (χ2n) is 7.87. The van der Waals surface area contributed by atoms with Crippen LogP contribution in [-0.4, -0.2) is 25.4 Å². The monoisotopic (exact) mass is 421 g/mol. The van der Waals surface area contributed by atoms with Crippen LogP contribution in [0, 0.1) is 0 Å². The van der Waals surface area contributed by atoms with Gasteiger partial charge in [0, 0.05) is 13.0 Å². The van der Waals surface area contributed by atoms with Gasteiger partial charge in [-0.25, -0.2) is 14.3 Å². The number of unbranched alkanes of at least 4 members (excludes halogenated alkanes) is 3. The van der Waals surface area contributed by atoms with Gasteiger partial charge in [0.2, 0.25) is 0 Å². The largest absolute Gasteiger partial charge is 0.478 e. The van der Waals surface area contributed by atoms with E-state index in [0.717, 1.165) is 49.1 Å². The fourth-order valence-electron chi connectivity index (χ4n) is 3.82. The molecule has 0 fully saturated rings. The van der Waals surface area contributed by atoms with Crippen LogP contribution in [0.2, 0.25) is 0 Å². The van der Waals surface area contributed by atoms with Crippen LogP contribution < -0.4 is 5.69 Å². The Bertz CT molecular complexity index is 1070. The lowest BCUT2D eigenvalue weighted by Gasteiger charge is -2.11. The molecule has 1 aromatic heterocycles. The predicted octanol–water partition coefficient (Wildman–Crippen LogP) is 4.99. The first-order chi connectivity index (χ1) is 15.0. The lowest BCUT2D eigenvalue weighted by Crippen LogP contribution is -2.26. The van der Waals surface area contributed by atoms with Gasteiger partial charge in [-0.15, -0.1) is 0 Å². The van der Waals surface area contributed by atoms with Gasteiger partial charge in [0.1, 0.15) is 5.82 Å². The highest BCUT2D eigenvalue weighted by atomic mass is 16.4. The fraction of sp³-hybridized carbons (Fsp3) is 0.400. The van der Waals surface area contributed by atoms with Crippen molar-refractivity contribution in [2.45, 2.75) is 65.5 Å². The van der Waals surface area contributed by atoms with Gasteiger partial charge in [-0.2, -0.15) is 5.10 Å². The SMILES string of the molecule is CCCCCCc1nn(CCC)c(=O)n1Cc1ccc(-c2ccccc2)c(C(=O)O)c1. The van der Waals surface area contributed by atoms with Crippen molar-refractivity contribution in [2.24, 2.45) is 0 Å². The van der Waals surface area contributed by atoms with E-state index in [4.69, 9.17) is 0 Å². The van der Waals surface area contributed by atoms with Crippen LogP contribution in [0.25, 0.3) is 11.1 Å². The average Bonchev–Trinajstić information content (AvgIpc) is 3.06. The topological polar surface area (TPSA) is 77.1 Å². The second kappa shape index (κ2) is 10.8. The number of carboxylic acid groups (broad SMARTS) is 1. The summed E-state index contributed by atoms with van der Waals surface area (Å²) in [6, 6.07) is 14.9. The van der Waals surface area contributed by atoms with E-state index in [0.29, 0.717) is 18.7 Å². The van der Waals surface area contributed by atoms with E-state index < -0.39 is 5.97 Å². The number of benzene rings is 2. The third-order valence-corrected chi connectivity index (χ3v) is 5.43. The van der Waals surface area contributed by atoms with E-state index in [1.54, 1.807) is 10.6 Å². The van der Waals surface area contributed by atoms with Crippen molar-refractivity contribution >= 4 is 5.97 Å². The van der Waals surface area contributed by atoms with E-state index in [1.165, 1.54) is 11.1 Å². The van der Waals surface area contributed by atoms with Crippen molar-refractivity contribution in [3.05, 3.63) is 76.0 Å². The van der Waals surface area contributed by atoms with E-state index >= 15 is 0 Å². The Morgan fingerprint density at radius 3 is 2.45 bits per heavy atom. The van der Waals surface area contributed by atoms with Gasteiger partial charge in [0.05, 0.1) is 12.1 Å². The minimum absolute atomic E-state index is 0.128. The molecule has 0 bridgehead atoms. The average molecular weight is 422 g/mol. The molecule has 0 atom stereocenters. The number of aromatic nitrogens is 3. The summed E-state index contributed by atoms with van der Waals surface area (Å²) in [6.07, 6.45) is 6.01. The van der Waals surface area contributed by atoms with Crippen LogP contribution in [0.1, 0.15) is 67.7 Å². The molecular formula is C25H31N3O3. The molecule has 0 spiro atoms. The van der Waals surface area contributed by atoms with Gasteiger partial charge in [0.15, 0.2) is 0 Å². The normalized spacial score (nSPS) is 11.0. The Kier molecular flexibility index (Phi) is 7.82. The number of rotatable bonds is 11. The van der Waals surface area contributed by atoms with Crippen molar-refractivity contribution in [2.75, 3.05) is 0 Å². The van der Waals surface area contributed by atoms with Crippen LogP contribution in [0.4, 0.5) is 0 Å². The maximum atomic E-state index is 12.9. The van der Waals surface area contributed by atoms with Crippen LogP contribution in [0.15, 0.2) is 53.3 Å². The quantitative estimate of drug-likeness (QED) is 0.443. The zero-order valence-corrected chi connectivity index (χ0v) is 18.4. The molecule has 1 N–H and O–H groups in total. The van der Waals surface area contributed by atoms with E-state index in [2.05, 4.69) is 12.0 Å². The van der Waals surface area contributed by atoms with Gasteiger partial charge < -0.3 is 5.11 Å². The van der Waals surface area contributed by atoms with Crippen LogP contribution in [0.5, 0.6) is 0 Å². The Morgan fingerprint density at radius 1 is 1.00 bits per heavy atom. The van der Waals surface area contributed by atoms with E-state index in [-0.39, 0.29) is 11.3 Å². The first kappa shape index (κ1) is 22.5. The maximum absolute atomic E-state index is 12.9. The number of carboxylic acids is 1.